The van der Waals surface area contributed by atoms with Gasteiger partial charge in [-0.1, -0.05) is 37.6 Å². The monoisotopic (exact) mass is 283 g/mol. The summed E-state index contributed by atoms with van der Waals surface area (Å²) in [7, 11) is 4.09. The van der Waals surface area contributed by atoms with E-state index < -0.39 is 0 Å². The zero-order chi connectivity index (χ0) is 15.2. The van der Waals surface area contributed by atoms with E-state index in [4.69, 9.17) is 0 Å². The van der Waals surface area contributed by atoms with Crippen molar-refractivity contribution in [2.75, 3.05) is 24.3 Å². The van der Waals surface area contributed by atoms with Gasteiger partial charge < -0.3 is 10.2 Å². The summed E-state index contributed by atoms with van der Waals surface area (Å²) < 4.78 is 0. The number of hydrogen-bond donors (Lipinski definition) is 1. The van der Waals surface area contributed by atoms with E-state index in [0.29, 0.717) is 0 Å². The van der Waals surface area contributed by atoms with Gasteiger partial charge in [-0.2, -0.15) is 0 Å². The Morgan fingerprint density at radius 2 is 1.86 bits per heavy atom. The molecule has 2 rings (SSSR count). The van der Waals surface area contributed by atoms with Crippen molar-refractivity contribution >= 4 is 11.4 Å². The van der Waals surface area contributed by atoms with Gasteiger partial charge in [0.1, 0.15) is 0 Å². The van der Waals surface area contributed by atoms with E-state index >= 15 is 0 Å². The maximum Gasteiger partial charge on any atom is 0.0768 e. The number of aromatic nitrogens is 1. The molecule has 0 radical (unpaired) electrons. The van der Waals surface area contributed by atoms with Crippen LogP contribution in [0.25, 0.3) is 0 Å². The maximum absolute atomic E-state index is 4.22. The minimum atomic E-state index is 0.253. The molecule has 0 fully saturated rings. The van der Waals surface area contributed by atoms with Crippen LogP contribution in [0.1, 0.15) is 37.4 Å². The van der Waals surface area contributed by atoms with Crippen molar-refractivity contribution in [1.82, 2.24) is 4.98 Å². The minimum absolute atomic E-state index is 0.253. The zero-order valence-corrected chi connectivity index (χ0v) is 13.4. The topological polar surface area (TPSA) is 28.2 Å². The van der Waals surface area contributed by atoms with Crippen LogP contribution in [0.4, 0.5) is 11.4 Å². The van der Waals surface area contributed by atoms with Crippen molar-refractivity contribution in [3.63, 3.8) is 0 Å². The number of nitrogens with one attached hydrogen (secondary N) is 1. The van der Waals surface area contributed by atoms with Crippen LogP contribution in [0.15, 0.2) is 42.7 Å². The molecule has 1 aromatic heterocycles. The van der Waals surface area contributed by atoms with Crippen molar-refractivity contribution in [2.24, 2.45) is 0 Å². The fraction of sp³-hybridized carbons (Fsp3) is 0.389. The SMILES string of the molecule is CCCc1ccc(C(C)Nc2cnccc2N(C)C)cc1. The Kier molecular flexibility index (Phi) is 5.20. The van der Waals surface area contributed by atoms with E-state index in [1.807, 2.05) is 32.6 Å². The number of anilines is 2. The first-order valence-electron chi connectivity index (χ1n) is 7.58. The van der Waals surface area contributed by atoms with Gasteiger partial charge in [0.25, 0.3) is 0 Å². The molecule has 3 nitrogen and oxygen atoms in total. The van der Waals surface area contributed by atoms with E-state index in [9.17, 15) is 0 Å². The molecule has 0 aliphatic carbocycles. The Hall–Kier alpha value is -2.03. The number of benzene rings is 1. The zero-order valence-electron chi connectivity index (χ0n) is 13.4. The molecule has 1 heterocycles. The lowest BCUT2D eigenvalue weighted by Crippen LogP contribution is -2.14. The largest absolute Gasteiger partial charge is 0.376 e. The Morgan fingerprint density at radius 3 is 2.48 bits per heavy atom. The fourth-order valence-electron chi connectivity index (χ4n) is 2.47. The lowest BCUT2D eigenvalue weighted by molar-refractivity contribution is 0.873. The third kappa shape index (κ3) is 3.97. The summed E-state index contributed by atoms with van der Waals surface area (Å²) in [5.74, 6) is 0. The van der Waals surface area contributed by atoms with E-state index in [-0.39, 0.29) is 6.04 Å². The first kappa shape index (κ1) is 15.4. The van der Waals surface area contributed by atoms with Gasteiger partial charge in [0.2, 0.25) is 0 Å². The molecule has 0 aliphatic rings. The first-order chi connectivity index (χ1) is 10.1. The molecule has 0 aliphatic heterocycles. The minimum Gasteiger partial charge on any atom is -0.376 e. The van der Waals surface area contributed by atoms with Gasteiger partial charge in [-0.25, -0.2) is 0 Å². The van der Waals surface area contributed by atoms with E-state index in [1.54, 1.807) is 0 Å². The second-order valence-electron chi connectivity index (χ2n) is 5.64. The van der Waals surface area contributed by atoms with Gasteiger partial charge in [-0.15, -0.1) is 0 Å². The molecule has 0 bridgehead atoms. The van der Waals surface area contributed by atoms with Gasteiger partial charge in [0, 0.05) is 26.3 Å². The molecule has 0 spiro atoms. The standard InChI is InChI=1S/C18H25N3/c1-5-6-15-7-9-16(10-8-15)14(2)20-17-13-19-12-11-18(17)21(3)4/h7-14,20H,5-6H2,1-4H3. The van der Waals surface area contributed by atoms with Gasteiger partial charge >= 0.3 is 0 Å². The van der Waals surface area contributed by atoms with Gasteiger partial charge in [0.15, 0.2) is 0 Å². The van der Waals surface area contributed by atoms with Gasteiger partial charge in [-0.05, 0) is 30.5 Å². The molecule has 2 aromatic rings. The summed E-state index contributed by atoms with van der Waals surface area (Å²) in [4.78, 5) is 6.32. The second kappa shape index (κ2) is 7.11. The van der Waals surface area contributed by atoms with Crippen LogP contribution < -0.4 is 10.2 Å². The third-order valence-electron chi connectivity index (χ3n) is 3.67. The highest BCUT2D eigenvalue weighted by atomic mass is 15.1. The number of aryl methyl sites for hydroxylation is 1. The lowest BCUT2D eigenvalue weighted by atomic mass is 10.0. The Morgan fingerprint density at radius 1 is 1.14 bits per heavy atom. The van der Waals surface area contributed by atoms with Crippen molar-refractivity contribution in [2.45, 2.75) is 32.7 Å². The molecule has 1 unspecified atom stereocenters. The number of rotatable bonds is 6. The Balaban J connectivity index is 2.12. The highest BCUT2D eigenvalue weighted by molar-refractivity contribution is 5.68. The van der Waals surface area contributed by atoms with E-state index in [2.05, 4.69) is 53.3 Å². The van der Waals surface area contributed by atoms with Crippen LogP contribution in [0, 0.1) is 0 Å². The number of hydrogen-bond acceptors (Lipinski definition) is 3. The Labute approximate surface area is 128 Å². The van der Waals surface area contributed by atoms with Crippen LogP contribution in [0.3, 0.4) is 0 Å². The van der Waals surface area contributed by atoms with Gasteiger partial charge in [-0.3, -0.25) is 4.98 Å². The normalized spacial score (nSPS) is 12.0. The predicted molar refractivity (Wildman–Crippen MR) is 91.0 cm³/mol. The van der Waals surface area contributed by atoms with Gasteiger partial charge in [0.05, 0.1) is 17.6 Å². The first-order valence-corrected chi connectivity index (χ1v) is 7.58. The molecule has 0 saturated heterocycles. The van der Waals surface area contributed by atoms with Crippen molar-refractivity contribution in [1.29, 1.82) is 0 Å². The highest BCUT2D eigenvalue weighted by Crippen LogP contribution is 2.27. The van der Waals surface area contributed by atoms with Crippen molar-refractivity contribution in [3.8, 4) is 0 Å². The molecule has 112 valence electrons. The molecule has 3 heteroatoms. The van der Waals surface area contributed by atoms with E-state index in [0.717, 1.165) is 17.8 Å². The highest BCUT2D eigenvalue weighted by Gasteiger charge is 2.09. The summed E-state index contributed by atoms with van der Waals surface area (Å²) in [6, 6.07) is 11.2. The summed E-state index contributed by atoms with van der Waals surface area (Å²) in [6.45, 7) is 4.39. The summed E-state index contributed by atoms with van der Waals surface area (Å²) in [5.41, 5.74) is 4.92. The summed E-state index contributed by atoms with van der Waals surface area (Å²) in [6.07, 6.45) is 6.05. The molecule has 0 saturated carbocycles. The molecule has 0 amide bonds. The van der Waals surface area contributed by atoms with Crippen LogP contribution in [-0.4, -0.2) is 19.1 Å². The number of pyridine rings is 1. The second-order valence-corrected chi connectivity index (χ2v) is 5.64. The predicted octanol–water partition coefficient (Wildman–Crippen LogP) is 4.27. The lowest BCUT2D eigenvalue weighted by Gasteiger charge is -2.21. The molecule has 1 aromatic carbocycles. The van der Waals surface area contributed by atoms with Crippen LogP contribution in [0.2, 0.25) is 0 Å². The molecular weight excluding hydrogens is 258 g/mol. The number of nitrogens with zero attached hydrogens (tertiary/aromatic N) is 2. The smallest absolute Gasteiger partial charge is 0.0768 e. The summed E-state index contributed by atoms with van der Waals surface area (Å²) >= 11 is 0. The van der Waals surface area contributed by atoms with E-state index in [1.165, 1.54) is 17.5 Å². The summed E-state index contributed by atoms with van der Waals surface area (Å²) in [5, 5.41) is 3.56. The average Bonchev–Trinajstić information content (AvgIpc) is 2.48. The molecule has 21 heavy (non-hydrogen) atoms. The van der Waals surface area contributed by atoms with Crippen LogP contribution in [0.5, 0.6) is 0 Å². The fourth-order valence-corrected chi connectivity index (χ4v) is 2.47. The van der Waals surface area contributed by atoms with Crippen LogP contribution in [-0.2, 0) is 6.42 Å². The van der Waals surface area contributed by atoms with Crippen molar-refractivity contribution in [3.05, 3.63) is 53.9 Å². The quantitative estimate of drug-likeness (QED) is 0.858. The average molecular weight is 283 g/mol. The van der Waals surface area contributed by atoms with Crippen molar-refractivity contribution < 1.29 is 0 Å². The molecule has 1 atom stereocenters. The maximum atomic E-state index is 4.22. The van der Waals surface area contributed by atoms with Crippen LogP contribution >= 0.6 is 0 Å². The molecule has 1 N–H and O–H groups in total. The molecular formula is C18H25N3. The third-order valence-corrected chi connectivity index (χ3v) is 3.67. The Bertz CT molecular complexity index is 561.